The van der Waals surface area contributed by atoms with E-state index in [1.54, 1.807) is 4.90 Å². The number of hydrogen-bond acceptors (Lipinski definition) is 4. The SMILES string of the molecule is CN1C(=O)C2CCNN2C2CCC(C(=O)NCc3ccc(C(F)(F)F)cc3)CC21. The number of nitrogens with zero attached hydrogens (tertiary/aromatic N) is 2. The first kappa shape index (κ1) is 20.2. The maximum atomic E-state index is 12.7. The van der Waals surface area contributed by atoms with Gasteiger partial charge in [-0.05, 0) is 43.4 Å². The minimum Gasteiger partial charge on any atom is -0.352 e. The molecule has 2 heterocycles. The number of carbonyl (C=O) groups is 2. The smallest absolute Gasteiger partial charge is 0.352 e. The van der Waals surface area contributed by atoms with Gasteiger partial charge in [-0.1, -0.05) is 12.1 Å². The number of alkyl halides is 3. The van der Waals surface area contributed by atoms with Crippen molar-refractivity contribution in [1.82, 2.24) is 20.7 Å². The number of halogens is 3. The minimum absolute atomic E-state index is 0.0140. The predicted octanol–water partition coefficient (Wildman–Crippen LogP) is 1.91. The van der Waals surface area contributed by atoms with E-state index >= 15 is 0 Å². The first-order valence-corrected chi connectivity index (χ1v) is 9.98. The van der Waals surface area contributed by atoms with Crippen molar-refractivity contribution in [2.24, 2.45) is 5.92 Å². The van der Waals surface area contributed by atoms with Crippen molar-refractivity contribution in [2.45, 2.75) is 56.5 Å². The van der Waals surface area contributed by atoms with Crippen LogP contribution in [0.2, 0.25) is 0 Å². The summed E-state index contributed by atoms with van der Waals surface area (Å²) in [5.41, 5.74) is 3.24. The third-order valence-corrected chi connectivity index (χ3v) is 6.44. The normalized spacial score (nSPS) is 30.1. The van der Waals surface area contributed by atoms with Gasteiger partial charge in [0.25, 0.3) is 0 Å². The number of carbonyl (C=O) groups excluding carboxylic acids is 2. The Morgan fingerprint density at radius 2 is 1.90 bits per heavy atom. The molecule has 6 nitrogen and oxygen atoms in total. The molecule has 0 spiro atoms. The van der Waals surface area contributed by atoms with Crippen LogP contribution in [0.3, 0.4) is 0 Å². The number of fused-ring (bicyclic) bond motifs is 3. The molecule has 0 radical (unpaired) electrons. The first-order valence-electron chi connectivity index (χ1n) is 9.98. The number of likely N-dealkylation sites (N-methyl/N-ethyl adjacent to an activating group) is 1. The minimum atomic E-state index is -4.37. The van der Waals surface area contributed by atoms with Gasteiger partial charge in [0.15, 0.2) is 0 Å². The Morgan fingerprint density at radius 1 is 1.17 bits per heavy atom. The number of nitrogens with one attached hydrogen (secondary N) is 2. The van der Waals surface area contributed by atoms with Gasteiger partial charge in [-0.15, -0.1) is 0 Å². The summed E-state index contributed by atoms with van der Waals surface area (Å²) in [7, 11) is 1.82. The summed E-state index contributed by atoms with van der Waals surface area (Å²) >= 11 is 0. The molecule has 1 aromatic carbocycles. The van der Waals surface area contributed by atoms with Crippen molar-refractivity contribution in [3.05, 3.63) is 35.4 Å². The van der Waals surface area contributed by atoms with Gasteiger partial charge in [0, 0.05) is 38.1 Å². The summed E-state index contributed by atoms with van der Waals surface area (Å²) in [6.45, 7) is 0.983. The molecule has 1 aliphatic carbocycles. The molecule has 3 aliphatic rings. The van der Waals surface area contributed by atoms with Crippen LogP contribution in [-0.4, -0.2) is 53.4 Å². The summed E-state index contributed by atoms with van der Waals surface area (Å²) in [6, 6.07) is 4.90. The number of hydrogen-bond donors (Lipinski definition) is 2. The van der Waals surface area contributed by atoms with Gasteiger partial charge >= 0.3 is 6.18 Å². The first-order chi connectivity index (χ1) is 13.8. The topological polar surface area (TPSA) is 64.7 Å². The highest BCUT2D eigenvalue weighted by Crippen LogP contribution is 2.36. The van der Waals surface area contributed by atoms with E-state index in [1.807, 2.05) is 7.05 Å². The van der Waals surface area contributed by atoms with Gasteiger partial charge in [0.2, 0.25) is 11.8 Å². The number of amides is 2. The molecule has 1 saturated carbocycles. The fourth-order valence-electron chi connectivity index (χ4n) is 4.82. The Labute approximate surface area is 167 Å². The Hall–Kier alpha value is -2.13. The van der Waals surface area contributed by atoms with Crippen molar-refractivity contribution >= 4 is 11.8 Å². The van der Waals surface area contributed by atoms with Crippen molar-refractivity contribution in [3.63, 3.8) is 0 Å². The van der Waals surface area contributed by atoms with Gasteiger partial charge < -0.3 is 10.2 Å². The highest BCUT2D eigenvalue weighted by Gasteiger charge is 2.50. The van der Waals surface area contributed by atoms with Crippen LogP contribution >= 0.6 is 0 Å². The lowest BCUT2D eigenvalue weighted by atomic mass is 9.79. The van der Waals surface area contributed by atoms with Crippen molar-refractivity contribution in [2.75, 3.05) is 13.6 Å². The van der Waals surface area contributed by atoms with Crippen molar-refractivity contribution in [3.8, 4) is 0 Å². The zero-order valence-electron chi connectivity index (χ0n) is 16.2. The van der Waals surface area contributed by atoms with Gasteiger partial charge in [0.05, 0.1) is 5.56 Å². The van der Waals surface area contributed by atoms with Gasteiger partial charge in [0.1, 0.15) is 6.04 Å². The highest BCUT2D eigenvalue weighted by molar-refractivity contribution is 5.84. The fourth-order valence-corrected chi connectivity index (χ4v) is 4.82. The Morgan fingerprint density at radius 3 is 2.59 bits per heavy atom. The van der Waals surface area contributed by atoms with E-state index in [1.165, 1.54) is 12.1 Å². The monoisotopic (exact) mass is 410 g/mol. The van der Waals surface area contributed by atoms with Crippen molar-refractivity contribution in [1.29, 1.82) is 0 Å². The van der Waals surface area contributed by atoms with Gasteiger partial charge in [-0.3, -0.25) is 15.0 Å². The van der Waals surface area contributed by atoms with Crippen LogP contribution in [0.1, 0.15) is 36.8 Å². The van der Waals surface area contributed by atoms with E-state index in [4.69, 9.17) is 0 Å². The van der Waals surface area contributed by atoms with E-state index in [0.717, 1.165) is 37.9 Å². The molecule has 2 aliphatic heterocycles. The lowest BCUT2D eigenvalue weighted by Crippen LogP contribution is -2.67. The molecule has 9 heteroatoms. The zero-order valence-corrected chi connectivity index (χ0v) is 16.2. The van der Waals surface area contributed by atoms with Crippen LogP contribution in [0.25, 0.3) is 0 Å². The quantitative estimate of drug-likeness (QED) is 0.799. The maximum Gasteiger partial charge on any atom is 0.416 e. The molecule has 4 rings (SSSR count). The molecule has 2 amide bonds. The third-order valence-electron chi connectivity index (χ3n) is 6.44. The standard InChI is InChI=1S/C20H25F3N4O2/c1-26-17-10-13(4-7-15(17)27-16(19(26)29)8-9-25-27)18(28)24-11-12-2-5-14(6-3-12)20(21,22)23/h2-3,5-6,13,15-17,25H,4,7-11H2,1H3,(H,24,28). The van der Waals surface area contributed by atoms with E-state index in [2.05, 4.69) is 15.8 Å². The second-order valence-corrected chi connectivity index (χ2v) is 8.13. The number of rotatable bonds is 3. The average molecular weight is 410 g/mol. The molecule has 2 saturated heterocycles. The van der Waals surface area contributed by atoms with E-state index < -0.39 is 11.7 Å². The average Bonchev–Trinajstić information content (AvgIpc) is 3.19. The summed E-state index contributed by atoms with van der Waals surface area (Å²) in [5.74, 6) is -0.220. The van der Waals surface area contributed by atoms with E-state index in [-0.39, 0.29) is 42.4 Å². The summed E-state index contributed by atoms with van der Waals surface area (Å²) < 4.78 is 37.9. The molecule has 29 heavy (non-hydrogen) atoms. The third kappa shape index (κ3) is 3.85. The second kappa shape index (κ2) is 7.60. The fraction of sp³-hybridized carbons (Fsp3) is 0.600. The molecular weight excluding hydrogens is 385 g/mol. The van der Waals surface area contributed by atoms with Crippen LogP contribution in [0.4, 0.5) is 13.2 Å². The zero-order chi connectivity index (χ0) is 20.8. The molecule has 158 valence electrons. The summed E-state index contributed by atoms with van der Waals surface area (Å²) in [4.78, 5) is 27.1. The molecule has 2 N–H and O–H groups in total. The maximum absolute atomic E-state index is 12.7. The Bertz CT molecular complexity index is 783. The van der Waals surface area contributed by atoms with Gasteiger partial charge in [-0.25, -0.2) is 5.01 Å². The molecule has 3 fully saturated rings. The van der Waals surface area contributed by atoms with Gasteiger partial charge in [-0.2, -0.15) is 13.2 Å². The molecule has 1 aromatic rings. The molecule has 0 aromatic heterocycles. The molecular formula is C20H25F3N4O2. The van der Waals surface area contributed by atoms with E-state index in [9.17, 15) is 22.8 Å². The Balaban J connectivity index is 1.35. The van der Waals surface area contributed by atoms with Crippen molar-refractivity contribution < 1.29 is 22.8 Å². The lowest BCUT2D eigenvalue weighted by Gasteiger charge is -2.50. The predicted molar refractivity (Wildman–Crippen MR) is 99.2 cm³/mol. The highest BCUT2D eigenvalue weighted by atomic mass is 19.4. The van der Waals surface area contributed by atoms with Crippen LogP contribution in [0, 0.1) is 5.92 Å². The summed E-state index contributed by atoms with van der Waals surface area (Å²) in [5, 5.41) is 4.93. The number of piperazine rings is 1. The number of hydrazine groups is 1. The van der Waals surface area contributed by atoms with Crippen LogP contribution in [0.5, 0.6) is 0 Å². The molecule has 4 unspecified atom stereocenters. The van der Waals surface area contributed by atoms with E-state index in [0.29, 0.717) is 12.0 Å². The number of benzene rings is 1. The largest absolute Gasteiger partial charge is 0.416 e. The van der Waals surface area contributed by atoms with Crippen LogP contribution in [0.15, 0.2) is 24.3 Å². The molecule has 4 atom stereocenters. The van der Waals surface area contributed by atoms with Crippen LogP contribution in [-0.2, 0) is 22.3 Å². The molecule has 0 bridgehead atoms. The Kier molecular flexibility index (Phi) is 5.29. The second-order valence-electron chi connectivity index (χ2n) is 8.13. The summed E-state index contributed by atoms with van der Waals surface area (Å²) in [6.07, 6.45) is -1.41. The van der Waals surface area contributed by atoms with Crippen LogP contribution < -0.4 is 10.7 Å². The lowest BCUT2D eigenvalue weighted by molar-refractivity contribution is -0.153.